The first-order valence-electron chi connectivity index (χ1n) is 7.09. The summed E-state index contributed by atoms with van der Waals surface area (Å²) < 4.78 is 5.89. The second-order valence-corrected chi connectivity index (χ2v) is 5.24. The van der Waals surface area contributed by atoms with Crippen LogP contribution in [0.25, 0.3) is 0 Å². The zero-order chi connectivity index (χ0) is 14.8. The van der Waals surface area contributed by atoms with Crippen molar-refractivity contribution in [1.82, 2.24) is 0 Å². The first-order chi connectivity index (χ1) is 10.1. The van der Waals surface area contributed by atoms with Crippen LogP contribution in [-0.2, 0) is 0 Å². The average Bonchev–Trinajstić information content (AvgIpc) is 2.49. The molecular formula is C17H19N3O. The number of nitrogens with one attached hydrogen (secondary N) is 1. The maximum atomic E-state index is 5.89. The van der Waals surface area contributed by atoms with Gasteiger partial charge in [0.25, 0.3) is 0 Å². The van der Waals surface area contributed by atoms with Crippen LogP contribution in [0.15, 0.2) is 53.5 Å². The quantitative estimate of drug-likeness (QED) is 0.826. The first kappa shape index (κ1) is 13.5. The van der Waals surface area contributed by atoms with Crippen LogP contribution in [0.4, 0.5) is 11.4 Å². The van der Waals surface area contributed by atoms with Crippen LogP contribution in [0.3, 0.4) is 0 Å². The van der Waals surface area contributed by atoms with Gasteiger partial charge in [0.2, 0.25) is 0 Å². The monoisotopic (exact) mass is 281 g/mol. The van der Waals surface area contributed by atoms with Crippen molar-refractivity contribution in [2.45, 2.75) is 26.0 Å². The maximum absolute atomic E-state index is 5.89. The van der Waals surface area contributed by atoms with Crippen molar-refractivity contribution in [3.63, 3.8) is 0 Å². The molecule has 3 N–H and O–H groups in total. The number of aliphatic imine (C=N–C) groups is 1. The molecule has 2 atom stereocenters. The lowest BCUT2D eigenvalue weighted by Gasteiger charge is -2.27. The zero-order valence-corrected chi connectivity index (χ0v) is 12.2. The van der Waals surface area contributed by atoms with Gasteiger partial charge in [0.1, 0.15) is 11.6 Å². The van der Waals surface area contributed by atoms with Crippen LogP contribution in [0.2, 0.25) is 0 Å². The van der Waals surface area contributed by atoms with Gasteiger partial charge in [-0.25, -0.2) is 0 Å². The van der Waals surface area contributed by atoms with E-state index >= 15 is 0 Å². The molecule has 0 aromatic heterocycles. The van der Waals surface area contributed by atoms with Crippen molar-refractivity contribution in [1.29, 1.82) is 0 Å². The topological polar surface area (TPSA) is 59.6 Å². The van der Waals surface area contributed by atoms with Crippen LogP contribution in [-0.4, -0.2) is 11.9 Å². The largest absolute Gasteiger partial charge is 0.481 e. The van der Waals surface area contributed by atoms with Crippen molar-refractivity contribution in [3.8, 4) is 5.75 Å². The molecule has 2 aromatic rings. The fraction of sp³-hybridized carbons (Fsp3) is 0.235. The minimum Gasteiger partial charge on any atom is -0.481 e. The SMILES string of the molecule is CC1Oc2cc(N)ccc2NC1=NC(C)c1ccccc1. The molecule has 2 unspecified atom stereocenters. The molecule has 108 valence electrons. The molecular weight excluding hydrogens is 262 g/mol. The van der Waals surface area contributed by atoms with Crippen LogP contribution in [0.1, 0.15) is 25.5 Å². The number of rotatable bonds is 2. The summed E-state index contributed by atoms with van der Waals surface area (Å²) in [6.45, 7) is 4.06. The molecule has 0 aliphatic carbocycles. The highest BCUT2D eigenvalue weighted by Gasteiger charge is 2.22. The molecule has 0 spiro atoms. The molecule has 1 heterocycles. The Morgan fingerprint density at radius 3 is 2.71 bits per heavy atom. The molecule has 0 amide bonds. The van der Waals surface area contributed by atoms with Gasteiger partial charge in [-0.3, -0.25) is 4.99 Å². The molecule has 0 bridgehead atoms. The van der Waals surface area contributed by atoms with Crippen LogP contribution in [0.5, 0.6) is 5.75 Å². The fourth-order valence-electron chi connectivity index (χ4n) is 2.38. The van der Waals surface area contributed by atoms with E-state index < -0.39 is 0 Å². The van der Waals surface area contributed by atoms with Gasteiger partial charge in [0.15, 0.2) is 6.10 Å². The molecule has 4 heteroatoms. The summed E-state index contributed by atoms with van der Waals surface area (Å²) in [5.74, 6) is 1.61. The minimum atomic E-state index is -0.120. The Morgan fingerprint density at radius 2 is 1.95 bits per heavy atom. The van der Waals surface area contributed by atoms with E-state index in [9.17, 15) is 0 Å². The van der Waals surface area contributed by atoms with E-state index in [-0.39, 0.29) is 12.1 Å². The smallest absolute Gasteiger partial charge is 0.153 e. The Morgan fingerprint density at radius 1 is 1.19 bits per heavy atom. The van der Waals surface area contributed by atoms with Crippen molar-refractivity contribution in [2.24, 2.45) is 4.99 Å². The number of amidine groups is 1. The van der Waals surface area contributed by atoms with Gasteiger partial charge >= 0.3 is 0 Å². The number of nitrogens with two attached hydrogens (primary N) is 1. The number of benzene rings is 2. The number of nitrogen functional groups attached to an aromatic ring is 1. The number of hydrogen-bond donors (Lipinski definition) is 2. The van der Waals surface area contributed by atoms with Gasteiger partial charge in [-0.15, -0.1) is 0 Å². The Hall–Kier alpha value is -2.49. The highest BCUT2D eigenvalue weighted by atomic mass is 16.5. The van der Waals surface area contributed by atoms with E-state index in [2.05, 4.69) is 24.4 Å². The van der Waals surface area contributed by atoms with E-state index in [4.69, 9.17) is 15.5 Å². The highest BCUT2D eigenvalue weighted by molar-refractivity contribution is 6.02. The lowest BCUT2D eigenvalue weighted by atomic mass is 10.1. The minimum absolute atomic E-state index is 0.0788. The summed E-state index contributed by atoms with van der Waals surface area (Å²) in [5, 5.41) is 3.34. The molecule has 0 saturated heterocycles. The van der Waals surface area contributed by atoms with Gasteiger partial charge in [0, 0.05) is 11.8 Å². The lowest BCUT2D eigenvalue weighted by Crippen LogP contribution is -2.35. The molecule has 4 nitrogen and oxygen atoms in total. The van der Waals surface area contributed by atoms with Crippen molar-refractivity contribution in [2.75, 3.05) is 11.1 Å². The van der Waals surface area contributed by atoms with E-state index in [1.165, 1.54) is 5.56 Å². The molecule has 2 aromatic carbocycles. The lowest BCUT2D eigenvalue weighted by molar-refractivity contribution is 0.282. The molecule has 0 fully saturated rings. The second kappa shape index (κ2) is 5.48. The number of ether oxygens (including phenoxy) is 1. The van der Waals surface area contributed by atoms with E-state index in [1.807, 2.05) is 43.3 Å². The molecule has 3 rings (SSSR count). The van der Waals surface area contributed by atoms with Gasteiger partial charge < -0.3 is 15.8 Å². The second-order valence-electron chi connectivity index (χ2n) is 5.24. The summed E-state index contributed by atoms with van der Waals surface area (Å²) in [5.41, 5.74) is 8.56. The fourth-order valence-corrected chi connectivity index (χ4v) is 2.38. The summed E-state index contributed by atoms with van der Waals surface area (Å²) >= 11 is 0. The number of hydrogen-bond acceptors (Lipinski definition) is 3. The van der Waals surface area contributed by atoms with Crippen molar-refractivity contribution >= 4 is 17.2 Å². The highest BCUT2D eigenvalue weighted by Crippen LogP contribution is 2.32. The van der Waals surface area contributed by atoms with E-state index in [0.29, 0.717) is 5.69 Å². The maximum Gasteiger partial charge on any atom is 0.153 e. The average molecular weight is 281 g/mol. The van der Waals surface area contributed by atoms with Crippen molar-refractivity contribution < 1.29 is 4.74 Å². The Kier molecular flexibility index (Phi) is 3.52. The van der Waals surface area contributed by atoms with Crippen LogP contribution < -0.4 is 15.8 Å². The van der Waals surface area contributed by atoms with Crippen LogP contribution >= 0.6 is 0 Å². The van der Waals surface area contributed by atoms with E-state index in [1.54, 1.807) is 0 Å². The third kappa shape index (κ3) is 2.84. The molecule has 1 aliphatic rings. The molecule has 1 aliphatic heterocycles. The predicted octanol–water partition coefficient (Wildman–Crippen LogP) is 3.62. The Bertz CT molecular complexity index is 667. The number of nitrogens with zero attached hydrogens (tertiary/aromatic N) is 1. The molecule has 0 saturated carbocycles. The standard InChI is InChI=1S/C17H19N3O/c1-11(13-6-4-3-5-7-13)19-17-12(2)21-16-10-14(18)8-9-15(16)20-17/h3-12H,18H2,1-2H3,(H,19,20). The van der Waals surface area contributed by atoms with Gasteiger partial charge in [-0.05, 0) is 31.5 Å². The van der Waals surface area contributed by atoms with Gasteiger partial charge in [-0.2, -0.15) is 0 Å². The summed E-state index contributed by atoms with van der Waals surface area (Å²) in [7, 11) is 0. The molecule has 0 radical (unpaired) electrons. The first-order valence-corrected chi connectivity index (χ1v) is 7.09. The molecule has 21 heavy (non-hydrogen) atoms. The van der Waals surface area contributed by atoms with Crippen LogP contribution in [0, 0.1) is 0 Å². The summed E-state index contributed by atoms with van der Waals surface area (Å²) in [6, 6.07) is 15.9. The number of anilines is 2. The van der Waals surface area contributed by atoms with E-state index in [0.717, 1.165) is 17.3 Å². The zero-order valence-electron chi connectivity index (χ0n) is 12.2. The normalized spacial score (nSPS) is 20.3. The van der Waals surface area contributed by atoms with Gasteiger partial charge in [0.05, 0.1) is 11.7 Å². The third-order valence-electron chi connectivity index (χ3n) is 3.57. The summed E-state index contributed by atoms with van der Waals surface area (Å²) in [6.07, 6.45) is -0.120. The van der Waals surface area contributed by atoms with Crippen molar-refractivity contribution in [3.05, 3.63) is 54.1 Å². The Balaban J connectivity index is 1.86. The summed E-state index contributed by atoms with van der Waals surface area (Å²) in [4.78, 5) is 4.76. The Labute approximate surface area is 124 Å². The predicted molar refractivity (Wildman–Crippen MR) is 86.9 cm³/mol. The van der Waals surface area contributed by atoms with Gasteiger partial charge in [-0.1, -0.05) is 30.3 Å². The third-order valence-corrected chi connectivity index (χ3v) is 3.57. The number of fused-ring (bicyclic) bond motifs is 1.